The molecule has 0 spiro atoms. The molecular formula is C16H20BrNO3. The van der Waals surface area contributed by atoms with Gasteiger partial charge in [-0.05, 0) is 53.7 Å². The van der Waals surface area contributed by atoms with Crippen molar-refractivity contribution in [3.05, 3.63) is 33.8 Å². The molecule has 0 bridgehead atoms. The number of hydrogen-bond donors (Lipinski definition) is 1. The summed E-state index contributed by atoms with van der Waals surface area (Å²) in [6.45, 7) is 4.49. The Labute approximate surface area is 133 Å². The van der Waals surface area contributed by atoms with Gasteiger partial charge in [0.2, 0.25) is 0 Å². The zero-order valence-corrected chi connectivity index (χ0v) is 13.9. The Bertz CT molecular complexity index is 558. The van der Waals surface area contributed by atoms with E-state index in [1.165, 1.54) is 4.90 Å². The summed E-state index contributed by atoms with van der Waals surface area (Å²) >= 11 is 3.39. The van der Waals surface area contributed by atoms with Gasteiger partial charge < -0.3 is 10.0 Å². The lowest BCUT2D eigenvalue weighted by Gasteiger charge is -2.37. The third-order valence-electron chi connectivity index (χ3n) is 4.19. The first-order valence-corrected chi connectivity index (χ1v) is 8.03. The summed E-state index contributed by atoms with van der Waals surface area (Å²) in [6.07, 6.45) is 2.37. The molecule has 0 saturated carbocycles. The van der Waals surface area contributed by atoms with Crippen LogP contribution in [0, 0.1) is 12.8 Å². The van der Waals surface area contributed by atoms with Crippen LogP contribution < -0.4 is 0 Å². The second-order valence-electron chi connectivity index (χ2n) is 5.63. The van der Waals surface area contributed by atoms with E-state index in [2.05, 4.69) is 22.9 Å². The molecule has 0 aliphatic carbocycles. The maximum absolute atomic E-state index is 12.7. The number of carboxylic acid groups (broad SMARTS) is 1. The summed E-state index contributed by atoms with van der Waals surface area (Å²) in [6, 6.07) is 4.83. The largest absolute Gasteiger partial charge is 0.480 e. The highest BCUT2D eigenvalue weighted by Gasteiger charge is 2.36. The summed E-state index contributed by atoms with van der Waals surface area (Å²) < 4.78 is 0.708. The molecule has 114 valence electrons. The van der Waals surface area contributed by atoms with Gasteiger partial charge in [0.15, 0.2) is 0 Å². The normalized spacial score (nSPS) is 22.1. The smallest absolute Gasteiger partial charge is 0.326 e. The van der Waals surface area contributed by atoms with Crippen LogP contribution in [0.2, 0.25) is 0 Å². The summed E-state index contributed by atoms with van der Waals surface area (Å²) in [5.74, 6) is -0.728. The molecule has 0 aromatic heterocycles. The predicted octanol–water partition coefficient (Wildman–Crippen LogP) is 3.47. The number of likely N-dealkylation sites (tertiary alicyclic amines) is 1. The van der Waals surface area contributed by atoms with Gasteiger partial charge in [0.05, 0.1) is 5.56 Å². The van der Waals surface area contributed by atoms with E-state index in [4.69, 9.17) is 0 Å². The molecule has 1 saturated heterocycles. The van der Waals surface area contributed by atoms with E-state index in [1.54, 1.807) is 6.07 Å². The van der Waals surface area contributed by atoms with Crippen molar-refractivity contribution in [2.75, 3.05) is 6.54 Å². The number of carbonyl (C=O) groups excluding carboxylic acids is 1. The Morgan fingerprint density at radius 1 is 1.43 bits per heavy atom. The van der Waals surface area contributed by atoms with Crippen molar-refractivity contribution < 1.29 is 14.7 Å². The average Bonchev–Trinajstić information content (AvgIpc) is 2.48. The number of aryl methyl sites for hydroxylation is 1. The van der Waals surface area contributed by atoms with Crippen LogP contribution in [0.15, 0.2) is 22.7 Å². The number of nitrogens with zero attached hydrogens (tertiary/aromatic N) is 1. The number of halogens is 1. The number of rotatable bonds is 3. The molecule has 1 heterocycles. The second kappa shape index (κ2) is 6.60. The van der Waals surface area contributed by atoms with Crippen molar-refractivity contribution in [3.8, 4) is 0 Å². The molecule has 2 unspecified atom stereocenters. The molecule has 1 N–H and O–H groups in total. The van der Waals surface area contributed by atoms with Crippen LogP contribution in [0.25, 0.3) is 0 Å². The molecule has 1 aromatic carbocycles. The first-order chi connectivity index (χ1) is 9.93. The van der Waals surface area contributed by atoms with Crippen LogP contribution in [0.4, 0.5) is 0 Å². The van der Waals surface area contributed by atoms with Gasteiger partial charge in [0.25, 0.3) is 5.91 Å². The maximum atomic E-state index is 12.7. The number of piperidine rings is 1. The third kappa shape index (κ3) is 3.46. The monoisotopic (exact) mass is 353 g/mol. The van der Waals surface area contributed by atoms with Gasteiger partial charge in [-0.15, -0.1) is 0 Å². The van der Waals surface area contributed by atoms with Crippen molar-refractivity contribution in [2.45, 2.75) is 39.2 Å². The van der Waals surface area contributed by atoms with E-state index < -0.39 is 12.0 Å². The molecule has 1 fully saturated rings. The second-order valence-corrected chi connectivity index (χ2v) is 6.49. The Hall–Kier alpha value is -1.36. The van der Waals surface area contributed by atoms with Gasteiger partial charge in [-0.25, -0.2) is 4.79 Å². The molecule has 1 aromatic rings. The highest BCUT2D eigenvalue weighted by Crippen LogP contribution is 2.28. The lowest BCUT2D eigenvalue weighted by atomic mass is 9.88. The quantitative estimate of drug-likeness (QED) is 0.904. The Morgan fingerprint density at radius 2 is 2.14 bits per heavy atom. The standard InChI is InChI=1S/C16H20BrNO3/c1-3-11-6-7-18(14(9-11)16(20)21)15(19)12-8-10(2)4-5-13(12)17/h4-5,8,11,14H,3,6-7,9H2,1-2H3,(H,20,21). The number of hydrogen-bond acceptors (Lipinski definition) is 2. The molecule has 2 rings (SSSR count). The fourth-order valence-corrected chi connectivity index (χ4v) is 3.26. The molecule has 5 heteroatoms. The molecule has 0 radical (unpaired) electrons. The molecule has 1 aliphatic heterocycles. The number of carbonyl (C=O) groups is 2. The van der Waals surface area contributed by atoms with E-state index >= 15 is 0 Å². The minimum atomic E-state index is -0.912. The minimum Gasteiger partial charge on any atom is -0.480 e. The highest BCUT2D eigenvalue weighted by molar-refractivity contribution is 9.10. The summed E-state index contributed by atoms with van der Waals surface area (Å²) in [4.78, 5) is 25.7. The number of benzene rings is 1. The lowest BCUT2D eigenvalue weighted by molar-refractivity contribution is -0.144. The van der Waals surface area contributed by atoms with E-state index in [0.717, 1.165) is 18.4 Å². The van der Waals surface area contributed by atoms with Gasteiger partial charge >= 0.3 is 5.97 Å². The third-order valence-corrected chi connectivity index (χ3v) is 4.88. The van der Waals surface area contributed by atoms with Crippen LogP contribution in [-0.4, -0.2) is 34.5 Å². The van der Waals surface area contributed by atoms with Crippen molar-refractivity contribution >= 4 is 27.8 Å². The highest BCUT2D eigenvalue weighted by atomic mass is 79.9. The molecule has 4 nitrogen and oxygen atoms in total. The van der Waals surface area contributed by atoms with Gasteiger partial charge in [0.1, 0.15) is 6.04 Å². The Kier molecular flexibility index (Phi) is 5.04. The van der Waals surface area contributed by atoms with Crippen molar-refractivity contribution in [1.29, 1.82) is 0 Å². The minimum absolute atomic E-state index is 0.201. The lowest BCUT2D eigenvalue weighted by Crippen LogP contribution is -2.50. The maximum Gasteiger partial charge on any atom is 0.326 e. The number of carboxylic acids is 1. The van der Waals surface area contributed by atoms with E-state index in [9.17, 15) is 14.7 Å². The molecular weight excluding hydrogens is 334 g/mol. The Morgan fingerprint density at radius 3 is 2.76 bits per heavy atom. The fraction of sp³-hybridized carbons (Fsp3) is 0.500. The topological polar surface area (TPSA) is 57.6 Å². The van der Waals surface area contributed by atoms with E-state index in [-0.39, 0.29) is 5.91 Å². The zero-order chi connectivity index (χ0) is 15.6. The van der Waals surface area contributed by atoms with Gasteiger partial charge in [-0.3, -0.25) is 4.79 Å². The molecule has 21 heavy (non-hydrogen) atoms. The SMILES string of the molecule is CCC1CCN(C(=O)c2cc(C)ccc2Br)C(C(=O)O)C1. The predicted molar refractivity (Wildman–Crippen MR) is 84.4 cm³/mol. The van der Waals surface area contributed by atoms with Gasteiger partial charge in [0, 0.05) is 11.0 Å². The summed E-state index contributed by atoms with van der Waals surface area (Å²) in [5, 5.41) is 9.44. The first-order valence-electron chi connectivity index (χ1n) is 7.24. The van der Waals surface area contributed by atoms with Crippen LogP contribution in [0.5, 0.6) is 0 Å². The fourth-order valence-electron chi connectivity index (χ4n) is 2.84. The van der Waals surface area contributed by atoms with Crippen molar-refractivity contribution in [1.82, 2.24) is 4.90 Å². The molecule has 2 atom stereocenters. The van der Waals surface area contributed by atoms with Gasteiger partial charge in [-0.2, -0.15) is 0 Å². The number of aliphatic carboxylic acids is 1. The van der Waals surface area contributed by atoms with E-state index in [0.29, 0.717) is 28.9 Å². The van der Waals surface area contributed by atoms with Crippen LogP contribution in [0.1, 0.15) is 42.1 Å². The van der Waals surface area contributed by atoms with Crippen molar-refractivity contribution in [2.24, 2.45) is 5.92 Å². The summed E-state index contributed by atoms with van der Waals surface area (Å²) in [5.41, 5.74) is 1.52. The van der Waals surface area contributed by atoms with Crippen LogP contribution in [0.3, 0.4) is 0 Å². The average molecular weight is 354 g/mol. The molecule has 1 aliphatic rings. The molecule has 1 amide bonds. The zero-order valence-electron chi connectivity index (χ0n) is 12.3. The summed E-state index contributed by atoms with van der Waals surface area (Å²) in [7, 11) is 0. The Balaban J connectivity index is 2.28. The number of amides is 1. The first kappa shape index (κ1) is 16.0. The van der Waals surface area contributed by atoms with Crippen molar-refractivity contribution in [3.63, 3.8) is 0 Å². The van der Waals surface area contributed by atoms with E-state index in [1.807, 2.05) is 19.1 Å². The van der Waals surface area contributed by atoms with Gasteiger partial charge in [-0.1, -0.05) is 25.0 Å². The van der Waals surface area contributed by atoms with Crippen LogP contribution in [-0.2, 0) is 4.79 Å². The van der Waals surface area contributed by atoms with Crippen LogP contribution >= 0.6 is 15.9 Å².